The lowest BCUT2D eigenvalue weighted by atomic mass is 10.0. The van der Waals surface area contributed by atoms with Gasteiger partial charge in [-0.2, -0.15) is 0 Å². The fraction of sp³-hybridized carbons (Fsp3) is 0.467. The van der Waals surface area contributed by atoms with Gasteiger partial charge in [0.1, 0.15) is 0 Å². The monoisotopic (exact) mass is 275 g/mol. The van der Waals surface area contributed by atoms with Crippen LogP contribution in [0.25, 0.3) is 0 Å². The summed E-state index contributed by atoms with van der Waals surface area (Å²) < 4.78 is 0. The molecule has 1 heterocycles. The summed E-state index contributed by atoms with van der Waals surface area (Å²) in [4.78, 5) is 26.7. The van der Waals surface area contributed by atoms with Gasteiger partial charge in [0, 0.05) is 39.5 Å². The van der Waals surface area contributed by atoms with Crippen molar-refractivity contribution in [3.63, 3.8) is 0 Å². The Kier molecular flexibility index (Phi) is 4.74. The molecule has 1 aliphatic heterocycles. The number of benzene rings is 1. The summed E-state index contributed by atoms with van der Waals surface area (Å²) in [5.74, 6) is -0.189. The molecule has 2 N–H and O–H groups in total. The third-order valence-corrected chi connectivity index (χ3v) is 3.77. The predicted molar refractivity (Wildman–Crippen MR) is 76.8 cm³/mol. The number of hydrogen-bond acceptors (Lipinski definition) is 3. The van der Waals surface area contributed by atoms with E-state index >= 15 is 0 Å². The highest BCUT2D eigenvalue weighted by Gasteiger charge is 2.29. The number of carbonyl (C=O) groups excluding carboxylic acids is 2. The number of primary amides is 1. The summed E-state index contributed by atoms with van der Waals surface area (Å²) >= 11 is 0. The van der Waals surface area contributed by atoms with Crippen LogP contribution in [0.15, 0.2) is 30.3 Å². The minimum Gasteiger partial charge on any atom is -0.370 e. The average Bonchev–Trinajstić information content (AvgIpc) is 2.45. The van der Waals surface area contributed by atoms with Gasteiger partial charge in [0.05, 0.1) is 6.04 Å². The first-order valence-corrected chi connectivity index (χ1v) is 6.90. The van der Waals surface area contributed by atoms with Gasteiger partial charge in [0.25, 0.3) is 0 Å². The molecule has 2 amide bonds. The van der Waals surface area contributed by atoms with Crippen LogP contribution in [-0.4, -0.2) is 47.8 Å². The molecule has 108 valence electrons. The Hall–Kier alpha value is -1.88. The molecule has 5 heteroatoms. The van der Waals surface area contributed by atoms with Crippen LogP contribution < -0.4 is 5.73 Å². The Labute approximate surface area is 119 Å². The highest BCUT2D eigenvalue weighted by molar-refractivity contribution is 5.74. The van der Waals surface area contributed by atoms with Gasteiger partial charge in [-0.3, -0.25) is 14.5 Å². The van der Waals surface area contributed by atoms with Crippen LogP contribution in [0.1, 0.15) is 24.9 Å². The number of carbonyl (C=O) groups is 2. The van der Waals surface area contributed by atoms with Crippen LogP contribution in [0.5, 0.6) is 0 Å². The lowest BCUT2D eigenvalue weighted by molar-refractivity contribution is -0.132. The van der Waals surface area contributed by atoms with E-state index in [0.29, 0.717) is 26.1 Å². The lowest BCUT2D eigenvalue weighted by Gasteiger charge is -2.41. The fourth-order valence-electron chi connectivity index (χ4n) is 2.62. The molecule has 5 nitrogen and oxygen atoms in total. The predicted octanol–water partition coefficient (Wildman–Crippen LogP) is 0.767. The topological polar surface area (TPSA) is 66.6 Å². The largest absolute Gasteiger partial charge is 0.370 e. The van der Waals surface area contributed by atoms with E-state index < -0.39 is 0 Å². The van der Waals surface area contributed by atoms with Crippen LogP contribution in [0, 0.1) is 0 Å². The molecule has 1 aromatic carbocycles. The van der Waals surface area contributed by atoms with Crippen LogP contribution in [0.3, 0.4) is 0 Å². The van der Waals surface area contributed by atoms with Gasteiger partial charge >= 0.3 is 0 Å². The number of hydrogen-bond donors (Lipinski definition) is 1. The molecule has 2 rings (SSSR count). The number of rotatable bonds is 4. The molecular weight excluding hydrogens is 254 g/mol. The van der Waals surface area contributed by atoms with E-state index in [1.165, 1.54) is 5.56 Å². The molecule has 1 saturated heterocycles. The number of nitrogens with zero attached hydrogens (tertiary/aromatic N) is 2. The van der Waals surface area contributed by atoms with Gasteiger partial charge in [-0.25, -0.2) is 0 Å². The second-order valence-electron chi connectivity index (χ2n) is 5.14. The van der Waals surface area contributed by atoms with E-state index in [0.717, 1.165) is 6.54 Å². The van der Waals surface area contributed by atoms with Gasteiger partial charge in [0.15, 0.2) is 0 Å². The van der Waals surface area contributed by atoms with Crippen molar-refractivity contribution in [3.8, 4) is 0 Å². The Morgan fingerprint density at radius 1 is 1.25 bits per heavy atom. The number of amides is 2. The maximum absolute atomic E-state index is 11.6. The van der Waals surface area contributed by atoms with Crippen molar-refractivity contribution in [3.05, 3.63) is 35.9 Å². The minimum absolute atomic E-state index is 0.0977. The second kappa shape index (κ2) is 6.52. The molecule has 1 atom stereocenters. The quantitative estimate of drug-likeness (QED) is 0.882. The Bertz CT molecular complexity index is 475. The highest BCUT2D eigenvalue weighted by atomic mass is 16.2. The summed E-state index contributed by atoms with van der Waals surface area (Å²) in [6.45, 7) is 4.38. The first-order chi connectivity index (χ1) is 9.58. The van der Waals surface area contributed by atoms with Gasteiger partial charge < -0.3 is 10.6 Å². The fourth-order valence-corrected chi connectivity index (χ4v) is 2.62. The first-order valence-electron chi connectivity index (χ1n) is 6.90. The Balaban J connectivity index is 2.14. The molecule has 0 spiro atoms. The first kappa shape index (κ1) is 14.5. The Morgan fingerprint density at radius 3 is 2.55 bits per heavy atom. The van der Waals surface area contributed by atoms with Crippen molar-refractivity contribution in [2.45, 2.75) is 19.4 Å². The zero-order chi connectivity index (χ0) is 14.5. The van der Waals surface area contributed by atoms with Crippen molar-refractivity contribution in [1.29, 1.82) is 0 Å². The second-order valence-corrected chi connectivity index (χ2v) is 5.14. The van der Waals surface area contributed by atoms with Crippen LogP contribution in [0.2, 0.25) is 0 Å². The minimum atomic E-state index is -0.286. The molecule has 1 fully saturated rings. The van der Waals surface area contributed by atoms with E-state index in [-0.39, 0.29) is 17.9 Å². The summed E-state index contributed by atoms with van der Waals surface area (Å²) in [5, 5.41) is 0. The normalized spacial score (nSPS) is 19.9. The standard InChI is InChI=1S/C15H21N3O2/c1-12(19)18-10-9-17(8-7-15(16)20)14(11-18)13-5-3-2-4-6-13/h2-6,14H,7-11H2,1H3,(H2,16,20)/t14-/m0/s1. The van der Waals surface area contributed by atoms with Crippen LogP contribution >= 0.6 is 0 Å². The third kappa shape index (κ3) is 3.57. The molecule has 20 heavy (non-hydrogen) atoms. The molecule has 0 aliphatic carbocycles. The van der Waals surface area contributed by atoms with Crippen molar-refractivity contribution < 1.29 is 9.59 Å². The number of nitrogens with two attached hydrogens (primary N) is 1. The van der Waals surface area contributed by atoms with E-state index in [1.807, 2.05) is 23.1 Å². The molecule has 1 aliphatic rings. The van der Waals surface area contributed by atoms with Crippen molar-refractivity contribution in [2.75, 3.05) is 26.2 Å². The summed E-state index contributed by atoms with van der Waals surface area (Å²) in [5.41, 5.74) is 6.41. The lowest BCUT2D eigenvalue weighted by Crippen LogP contribution is -2.50. The van der Waals surface area contributed by atoms with Gasteiger partial charge in [-0.15, -0.1) is 0 Å². The van der Waals surface area contributed by atoms with Gasteiger partial charge in [-0.1, -0.05) is 30.3 Å². The summed E-state index contributed by atoms with van der Waals surface area (Å²) in [7, 11) is 0. The zero-order valence-electron chi connectivity index (χ0n) is 11.8. The zero-order valence-corrected chi connectivity index (χ0v) is 11.8. The molecule has 0 radical (unpaired) electrons. The smallest absolute Gasteiger partial charge is 0.219 e. The van der Waals surface area contributed by atoms with Crippen LogP contribution in [0.4, 0.5) is 0 Å². The van der Waals surface area contributed by atoms with E-state index in [4.69, 9.17) is 5.73 Å². The molecule has 0 saturated carbocycles. The molecule has 0 aromatic heterocycles. The molecular formula is C15H21N3O2. The summed E-state index contributed by atoms with van der Waals surface area (Å²) in [6.07, 6.45) is 0.351. The Morgan fingerprint density at radius 2 is 1.95 bits per heavy atom. The SMILES string of the molecule is CC(=O)N1CCN(CCC(N)=O)[C@H](c2ccccc2)C1. The van der Waals surface area contributed by atoms with Crippen molar-refractivity contribution in [2.24, 2.45) is 5.73 Å². The van der Waals surface area contributed by atoms with Gasteiger partial charge in [-0.05, 0) is 5.56 Å². The molecule has 0 unspecified atom stereocenters. The molecule has 1 aromatic rings. The van der Waals surface area contributed by atoms with E-state index in [9.17, 15) is 9.59 Å². The highest BCUT2D eigenvalue weighted by Crippen LogP contribution is 2.25. The van der Waals surface area contributed by atoms with E-state index in [2.05, 4.69) is 17.0 Å². The van der Waals surface area contributed by atoms with Gasteiger partial charge in [0.2, 0.25) is 11.8 Å². The van der Waals surface area contributed by atoms with Crippen LogP contribution in [-0.2, 0) is 9.59 Å². The maximum atomic E-state index is 11.6. The molecule has 0 bridgehead atoms. The van der Waals surface area contributed by atoms with Crippen molar-refractivity contribution >= 4 is 11.8 Å². The summed E-state index contributed by atoms with van der Waals surface area (Å²) in [6, 6.07) is 10.2. The maximum Gasteiger partial charge on any atom is 0.219 e. The average molecular weight is 275 g/mol. The number of piperazine rings is 1. The van der Waals surface area contributed by atoms with Crippen molar-refractivity contribution in [1.82, 2.24) is 9.80 Å². The van der Waals surface area contributed by atoms with E-state index in [1.54, 1.807) is 6.92 Å². The third-order valence-electron chi connectivity index (χ3n) is 3.77.